The summed E-state index contributed by atoms with van der Waals surface area (Å²) < 4.78 is 43.5. The van der Waals surface area contributed by atoms with Crippen molar-refractivity contribution in [2.75, 3.05) is 41.5 Å². The van der Waals surface area contributed by atoms with E-state index in [1.165, 1.54) is 43.8 Å². The maximum Gasteiger partial charge on any atom is 0.257 e. The third-order valence-corrected chi connectivity index (χ3v) is 7.16. The second kappa shape index (κ2) is 9.57. The van der Waals surface area contributed by atoms with E-state index in [1.54, 1.807) is 30.2 Å². The minimum absolute atomic E-state index is 0.0406. The van der Waals surface area contributed by atoms with E-state index in [4.69, 9.17) is 14.2 Å². The van der Waals surface area contributed by atoms with E-state index in [-0.39, 0.29) is 22.9 Å². The van der Waals surface area contributed by atoms with Crippen molar-refractivity contribution in [3.63, 3.8) is 0 Å². The number of sulfonamides is 1. The third-order valence-electron chi connectivity index (χ3n) is 5.36. The predicted octanol–water partition coefficient (Wildman–Crippen LogP) is 2.77. The van der Waals surface area contributed by atoms with Crippen molar-refractivity contribution in [3.8, 4) is 17.2 Å². The molecule has 0 radical (unpaired) electrons. The minimum Gasteiger partial charge on any atom is -0.496 e. The first-order valence-corrected chi connectivity index (χ1v) is 11.4. The van der Waals surface area contributed by atoms with Crippen LogP contribution >= 0.6 is 0 Å². The topological polar surface area (TPSA) is 85.4 Å². The monoisotopic (exact) mass is 448 g/mol. The molecule has 2 aromatic rings. The van der Waals surface area contributed by atoms with Gasteiger partial charge in [0.1, 0.15) is 5.75 Å². The third kappa shape index (κ3) is 4.77. The largest absolute Gasteiger partial charge is 0.496 e. The van der Waals surface area contributed by atoms with Gasteiger partial charge < -0.3 is 19.1 Å². The van der Waals surface area contributed by atoms with Crippen LogP contribution in [0.4, 0.5) is 0 Å². The number of hydrogen-bond donors (Lipinski definition) is 0. The number of amides is 1. The van der Waals surface area contributed by atoms with E-state index in [0.29, 0.717) is 30.3 Å². The highest BCUT2D eigenvalue weighted by Gasteiger charge is 2.27. The highest BCUT2D eigenvalue weighted by atomic mass is 32.2. The van der Waals surface area contributed by atoms with Gasteiger partial charge in [0.25, 0.3) is 5.91 Å². The van der Waals surface area contributed by atoms with Crippen molar-refractivity contribution >= 4 is 15.9 Å². The SMILES string of the molecule is COc1ccc(CN(C)S(=O)(=O)c2ccc(OC)c(C(=O)N3CCCC3)c2)cc1OC. The van der Waals surface area contributed by atoms with Crippen LogP contribution in [0.25, 0.3) is 0 Å². The van der Waals surface area contributed by atoms with Gasteiger partial charge in [-0.05, 0) is 48.7 Å². The lowest BCUT2D eigenvalue weighted by Gasteiger charge is -2.21. The fourth-order valence-corrected chi connectivity index (χ4v) is 4.79. The molecule has 0 aliphatic carbocycles. The number of ether oxygens (including phenoxy) is 3. The van der Waals surface area contributed by atoms with Crippen LogP contribution in [-0.4, -0.2) is 65.0 Å². The fourth-order valence-electron chi connectivity index (χ4n) is 3.61. The molecule has 0 bridgehead atoms. The molecule has 1 saturated heterocycles. The minimum atomic E-state index is -3.84. The van der Waals surface area contributed by atoms with Gasteiger partial charge in [0, 0.05) is 26.7 Å². The van der Waals surface area contributed by atoms with E-state index in [9.17, 15) is 13.2 Å². The smallest absolute Gasteiger partial charge is 0.257 e. The van der Waals surface area contributed by atoms with Crippen LogP contribution < -0.4 is 14.2 Å². The zero-order valence-electron chi connectivity index (χ0n) is 18.3. The van der Waals surface area contributed by atoms with E-state index in [1.807, 2.05) is 0 Å². The number of methoxy groups -OCH3 is 3. The van der Waals surface area contributed by atoms with Crippen molar-refractivity contribution in [2.24, 2.45) is 0 Å². The van der Waals surface area contributed by atoms with Gasteiger partial charge in [-0.1, -0.05) is 6.07 Å². The van der Waals surface area contributed by atoms with Crippen molar-refractivity contribution in [2.45, 2.75) is 24.3 Å². The highest BCUT2D eigenvalue weighted by Crippen LogP contribution is 2.30. The summed E-state index contributed by atoms with van der Waals surface area (Å²) in [5.41, 5.74) is 0.996. The molecular weight excluding hydrogens is 420 g/mol. The van der Waals surface area contributed by atoms with Crippen LogP contribution in [0, 0.1) is 0 Å². The summed E-state index contributed by atoms with van der Waals surface area (Å²) in [4.78, 5) is 14.7. The molecule has 8 nitrogen and oxygen atoms in total. The van der Waals surface area contributed by atoms with Crippen molar-refractivity contribution < 1.29 is 27.4 Å². The van der Waals surface area contributed by atoms with Crippen molar-refractivity contribution in [1.82, 2.24) is 9.21 Å². The molecular formula is C22H28N2O6S. The lowest BCUT2D eigenvalue weighted by molar-refractivity contribution is 0.0789. The molecule has 168 valence electrons. The summed E-state index contributed by atoms with van der Waals surface area (Å²) in [6.45, 7) is 1.46. The van der Waals surface area contributed by atoms with Gasteiger partial charge in [-0.25, -0.2) is 8.42 Å². The number of rotatable bonds is 8. The molecule has 9 heteroatoms. The number of carbonyl (C=O) groups is 1. The van der Waals surface area contributed by atoms with Crippen LogP contribution in [0.1, 0.15) is 28.8 Å². The summed E-state index contributed by atoms with van der Waals surface area (Å²) in [6, 6.07) is 9.64. The van der Waals surface area contributed by atoms with Crippen molar-refractivity contribution in [1.29, 1.82) is 0 Å². The van der Waals surface area contributed by atoms with Gasteiger partial charge >= 0.3 is 0 Å². The number of carbonyl (C=O) groups excluding carboxylic acids is 1. The number of likely N-dealkylation sites (tertiary alicyclic amines) is 1. The van der Waals surface area contributed by atoms with Crippen LogP contribution in [0.5, 0.6) is 17.2 Å². The standard InChI is InChI=1S/C22H28N2O6S/c1-23(15-16-7-9-20(29-3)21(13-16)30-4)31(26,27)17-8-10-19(28-2)18(14-17)22(25)24-11-5-6-12-24/h7-10,13-14H,5-6,11-12,15H2,1-4H3. The molecule has 0 N–H and O–H groups in total. The molecule has 0 unspecified atom stereocenters. The summed E-state index contributed by atoms with van der Waals surface area (Å²) in [7, 11) is 2.19. The molecule has 1 aliphatic heterocycles. The lowest BCUT2D eigenvalue weighted by Crippen LogP contribution is -2.29. The molecule has 2 aromatic carbocycles. The Labute approximate surface area is 183 Å². The first-order valence-electron chi connectivity index (χ1n) is 9.96. The lowest BCUT2D eigenvalue weighted by atomic mass is 10.1. The Morgan fingerprint density at radius 3 is 2.16 bits per heavy atom. The molecule has 0 spiro atoms. The van der Waals surface area contributed by atoms with Gasteiger partial charge in [-0.15, -0.1) is 0 Å². The van der Waals surface area contributed by atoms with Crippen LogP contribution in [0.2, 0.25) is 0 Å². The molecule has 1 fully saturated rings. The van der Waals surface area contributed by atoms with Crippen molar-refractivity contribution in [3.05, 3.63) is 47.5 Å². The molecule has 0 atom stereocenters. The first-order chi connectivity index (χ1) is 14.8. The van der Waals surface area contributed by atoms with E-state index in [2.05, 4.69) is 0 Å². The Morgan fingerprint density at radius 2 is 1.55 bits per heavy atom. The second-order valence-corrected chi connectivity index (χ2v) is 9.36. The average Bonchev–Trinajstić information content (AvgIpc) is 3.32. The van der Waals surface area contributed by atoms with E-state index < -0.39 is 10.0 Å². The average molecular weight is 449 g/mol. The normalized spacial score (nSPS) is 14.0. The Morgan fingerprint density at radius 1 is 0.935 bits per heavy atom. The van der Waals surface area contributed by atoms with Gasteiger partial charge in [-0.2, -0.15) is 4.31 Å². The zero-order valence-corrected chi connectivity index (χ0v) is 19.1. The summed E-state index contributed by atoms with van der Waals surface area (Å²) >= 11 is 0. The first kappa shape index (κ1) is 22.9. The quantitative estimate of drug-likeness (QED) is 0.617. The number of nitrogens with zero attached hydrogens (tertiary/aromatic N) is 2. The zero-order chi connectivity index (χ0) is 22.6. The van der Waals surface area contributed by atoms with Gasteiger partial charge in [0.05, 0.1) is 31.8 Å². The maximum absolute atomic E-state index is 13.2. The van der Waals surface area contributed by atoms with E-state index >= 15 is 0 Å². The number of benzene rings is 2. The molecule has 1 heterocycles. The molecule has 1 amide bonds. The predicted molar refractivity (Wildman–Crippen MR) is 116 cm³/mol. The van der Waals surface area contributed by atoms with Gasteiger partial charge in [-0.3, -0.25) is 4.79 Å². The van der Waals surface area contributed by atoms with Crippen LogP contribution in [0.15, 0.2) is 41.3 Å². The number of hydrogen-bond acceptors (Lipinski definition) is 6. The second-order valence-electron chi connectivity index (χ2n) is 7.31. The highest BCUT2D eigenvalue weighted by molar-refractivity contribution is 7.89. The molecule has 0 aromatic heterocycles. The summed E-state index contributed by atoms with van der Waals surface area (Å²) in [5.74, 6) is 1.23. The molecule has 0 saturated carbocycles. The Balaban J connectivity index is 1.88. The van der Waals surface area contributed by atoms with Gasteiger partial charge in [0.15, 0.2) is 11.5 Å². The molecule has 3 rings (SSSR count). The Kier molecular flexibility index (Phi) is 7.07. The van der Waals surface area contributed by atoms with E-state index in [0.717, 1.165) is 18.4 Å². The Hall–Kier alpha value is -2.78. The van der Waals surface area contributed by atoms with Crippen LogP contribution in [-0.2, 0) is 16.6 Å². The van der Waals surface area contributed by atoms with Gasteiger partial charge in [0.2, 0.25) is 10.0 Å². The summed E-state index contributed by atoms with van der Waals surface area (Å²) in [5, 5.41) is 0. The summed E-state index contributed by atoms with van der Waals surface area (Å²) in [6.07, 6.45) is 1.89. The fraction of sp³-hybridized carbons (Fsp3) is 0.409. The van der Waals surface area contributed by atoms with Crippen LogP contribution in [0.3, 0.4) is 0 Å². The maximum atomic E-state index is 13.2. The molecule has 1 aliphatic rings. The molecule has 31 heavy (non-hydrogen) atoms. The Bertz CT molecular complexity index is 1050.